The van der Waals surface area contributed by atoms with Crippen LogP contribution >= 0.6 is 0 Å². The lowest BCUT2D eigenvalue weighted by Crippen LogP contribution is -2.56. The van der Waals surface area contributed by atoms with Crippen LogP contribution in [0, 0.1) is 5.41 Å². The molecular formula is C11H21N3O2. The predicted octanol–water partition coefficient (Wildman–Crippen LogP) is 1.07. The van der Waals surface area contributed by atoms with Gasteiger partial charge >= 0.3 is 5.97 Å². The van der Waals surface area contributed by atoms with Crippen molar-refractivity contribution in [3.05, 3.63) is 0 Å². The summed E-state index contributed by atoms with van der Waals surface area (Å²) in [5.74, 6) is 4.29. The van der Waals surface area contributed by atoms with E-state index in [1.807, 2.05) is 6.92 Å². The molecule has 0 aromatic heterocycles. The Morgan fingerprint density at radius 1 is 1.56 bits per heavy atom. The number of nitrogens with two attached hydrogens (primary N) is 2. The predicted molar refractivity (Wildman–Crippen MR) is 63.0 cm³/mol. The number of hydrogen-bond donors (Lipinski definition) is 3. The van der Waals surface area contributed by atoms with Gasteiger partial charge in [0.25, 0.3) is 0 Å². The highest BCUT2D eigenvalue weighted by molar-refractivity contribution is 5.97. The molecular weight excluding hydrogens is 206 g/mol. The van der Waals surface area contributed by atoms with Crippen molar-refractivity contribution in [1.82, 2.24) is 0 Å². The molecule has 16 heavy (non-hydrogen) atoms. The van der Waals surface area contributed by atoms with Crippen LogP contribution in [0.3, 0.4) is 0 Å². The van der Waals surface area contributed by atoms with Crippen LogP contribution in [0.1, 0.15) is 46.0 Å². The molecule has 5 heteroatoms. The maximum absolute atomic E-state index is 11.3. The number of carboxylic acid groups (broad SMARTS) is 1. The summed E-state index contributed by atoms with van der Waals surface area (Å²) in [6, 6.07) is 0. The number of carbonyl (C=O) groups is 1. The van der Waals surface area contributed by atoms with E-state index in [1.54, 1.807) is 0 Å². The van der Waals surface area contributed by atoms with Crippen molar-refractivity contribution in [2.24, 2.45) is 22.1 Å². The molecule has 0 aliphatic heterocycles. The van der Waals surface area contributed by atoms with Gasteiger partial charge in [-0.3, -0.25) is 4.79 Å². The van der Waals surface area contributed by atoms with E-state index < -0.39 is 16.9 Å². The third-order valence-corrected chi connectivity index (χ3v) is 3.80. The lowest BCUT2D eigenvalue weighted by Gasteiger charge is -2.36. The fourth-order valence-corrected chi connectivity index (χ4v) is 2.51. The average Bonchev–Trinajstić information content (AvgIpc) is 2.50. The van der Waals surface area contributed by atoms with Crippen molar-refractivity contribution in [3.63, 3.8) is 0 Å². The number of carboxylic acids is 1. The highest BCUT2D eigenvalue weighted by Gasteiger charge is 2.56. The van der Waals surface area contributed by atoms with E-state index in [-0.39, 0.29) is 6.42 Å². The van der Waals surface area contributed by atoms with E-state index in [0.717, 1.165) is 19.3 Å². The second-order valence-corrected chi connectivity index (χ2v) is 4.99. The molecule has 1 saturated carbocycles. The van der Waals surface area contributed by atoms with Crippen molar-refractivity contribution in [2.45, 2.75) is 51.5 Å². The van der Waals surface area contributed by atoms with Gasteiger partial charge in [-0.05, 0) is 12.8 Å². The largest absolute Gasteiger partial charge is 0.480 e. The number of rotatable bonds is 4. The van der Waals surface area contributed by atoms with Crippen LogP contribution in [-0.2, 0) is 4.79 Å². The molecule has 0 radical (unpaired) electrons. The second kappa shape index (κ2) is 4.41. The van der Waals surface area contributed by atoms with E-state index in [9.17, 15) is 9.90 Å². The molecule has 5 N–H and O–H groups in total. The highest BCUT2D eigenvalue weighted by atomic mass is 16.4. The van der Waals surface area contributed by atoms with Gasteiger partial charge in [-0.15, -0.1) is 0 Å². The van der Waals surface area contributed by atoms with Crippen molar-refractivity contribution in [3.8, 4) is 0 Å². The molecule has 0 aromatic rings. The van der Waals surface area contributed by atoms with E-state index in [1.165, 1.54) is 0 Å². The molecule has 92 valence electrons. The molecule has 1 rings (SSSR count). The molecule has 0 amide bonds. The van der Waals surface area contributed by atoms with Crippen molar-refractivity contribution in [1.29, 1.82) is 0 Å². The minimum Gasteiger partial charge on any atom is -0.480 e. The monoisotopic (exact) mass is 227 g/mol. The van der Waals surface area contributed by atoms with Crippen molar-refractivity contribution in [2.75, 3.05) is 0 Å². The van der Waals surface area contributed by atoms with E-state index in [0.29, 0.717) is 12.1 Å². The first-order valence-corrected chi connectivity index (χ1v) is 5.67. The van der Waals surface area contributed by atoms with E-state index >= 15 is 0 Å². The zero-order chi connectivity index (χ0) is 12.4. The summed E-state index contributed by atoms with van der Waals surface area (Å²) >= 11 is 0. The summed E-state index contributed by atoms with van der Waals surface area (Å²) in [5, 5.41) is 12.9. The van der Waals surface area contributed by atoms with Gasteiger partial charge in [-0.1, -0.05) is 26.7 Å². The Morgan fingerprint density at radius 2 is 2.19 bits per heavy atom. The Morgan fingerprint density at radius 3 is 2.62 bits per heavy atom. The Hall–Kier alpha value is -1.10. The fraction of sp³-hybridized carbons (Fsp3) is 0.818. The molecule has 5 nitrogen and oxygen atoms in total. The average molecular weight is 227 g/mol. The molecule has 2 unspecified atom stereocenters. The smallest absolute Gasteiger partial charge is 0.324 e. The van der Waals surface area contributed by atoms with Gasteiger partial charge in [0.15, 0.2) is 0 Å². The van der Waals surface area contributed by atoms with Gasteiger partial charge in [0, 0.05) is 17.5 Å². The number of nitrogens with zero attached hydrogens (tertiary/aromatic N) is 1. The summed E-state index contributed by atoms with van der Waals surface area (Å²) < 4.78 is 0. The van der Waals surface area contributed by atoms with Gasteiger partial charge in [0.2, 0.25) is 0 Å². The molecule has 0 bridgehead atoms. The normalized spacial score (nSPS) is 36.8. The van der Waals surface area contributed by atoms with Crippen LogP contribution in [0.5, 0.6) is 0 Å². The Bertz CT molecular complexity index is 316. The van der Waals surface area contributed by atoms with Gasteiger partial charge < -0.3 is 16.7 Å². The molecule has 2 atom stereocenters. The summed E-state index contributed by atoms with van der Waals surface area (Å²) in [5.41, 5.74) is 5.10. The Balaban J connectivity index is 2.99. The SMILES string of the molecule is CCCCC1(C)CC(=NN)CC1(N)C(=O)O. The Labute approximate surface area is 95.9 Å². The molecule has 1 fully saturated rings. The van der Waals surface area contributed by atoms with Crippen LogP contribution in [0.15, 0.2) is 5.10 Å². The summed E-state index contributed by atoms with van der Waals surface area (Å²) in [4.78, 5) is 11.3. The third kappa shape index (κ3) is 1.91. The second-order valence-electron chi connectivity index (χ2n) is 4.99. The third-order valence-electron chi connectivity index (χ3n) is 3.80. The molecule has 0 heterocycles. The first-order chi connectivity index (χ1) is 7.39. The van der Waals surface area contributed by atoms with Crippen molar-refractivity contribution >= 4 is 11.7 Å². The van der Waals surface area contributed by atoms with Gasteiger partial charge in [-0.25, -0.2) is 0 Å². The molecule has 0 saturated heterocycles. The zero-order valence-electron chi connectivity index (χ0n) is 9.99. The van der Waals surface area contributed by atoms with Crippen LogP contribution in [-0.4, -0.2) is 22.3 Å². The number of hydrogen-bond acceptors (Lipinski definition) is 4. The lowest BCUT2D eigenvalue weighted by molar-refractivity contribution is -0.147. The molecule has 1 aliphatic carbocycles. The van der Waals surface area contributed by atoms with Gasteiger partial charge in [0.1, 0.15) is 5.54 Å². The molecule has 0 spiro atoms. The summed E-state index contributed by atoms with van der Waals surface area (Å²) in [6.45, 7) is 4.00. The molecule has 0 aromatic carbocycles. The topological polar surface area (TPSA) is 102 Å². The fourth-order valence-electron chi connectivity index (χ4n) is 2.51. The Kier molecular flexibility index (Phi) is 3.57. The molecule has 1 aliphatic rings. The van der Waals surface area contributed by atoms with Crippen LogP contribution in [0.25, 0.3) is 0 Å². The van der Waals surface area contributed by atoms with Gasteiger partial charge in [-0.2, -0.15) is 5.10 Å². The quantitative estimate of drug-likeness (QED) is 0.494. The maximum atomic E-state index is 11.3. The number of aliphatic carboxylic acids is 1. The first kappa shape index (κ1) is 13.0. The van der Waals surface area contributed by atoms with Crippen LogP contribution < -0.4 is 11.6 Å². The standard InChI is InChI=1S/C11H21N3O2/c1-3-4-5-10(2)6-8(14-13)7-11(10,12)9(15)16/h3-7,12-13H2,1-2H3,(H,15,16). The minimum atomic E-state index is -1.22. The minimum absolute atomic E-state index is 0.263. The van der Waals surface area contributed by atoms with Crippen LogP contribution in [0.2, 0.25) is 0 Å². The van der Waals surface area contributed by atoms with E-state index in [2.05, 4.69) is 12.0 Å². The summed E-state index contributed by atoms with van der Waals surface area (Å²) in [7, 11) is 0. The number of unbranched alkanes of at least 4 members (excludes halogenated alkanes) is 1. The van der Waals surface area contributed by atoms with Crippen molar-refractivity contribution < 1.29 is 9.90 Å². The lowest BCUT2D eigenvalue weighted by atomic mass is 9.71. The van der Waals surface area contributed by atoms with Gasteiger partial charge in [0.05, 0.1) is 0 Å². The maximum Gasteiger partial charge on any atom is 0.324 e. The van der Waals surface area contributed by atoms with Crippen LogP contribution in [0.4, 0.5) is 0 Å². The first-order valence-electron chi connectivity index (χ1n) is 5.67. The number of hydrazone groups is 1. The summed E-state index contributed by atoms with van der Waals surface area (Å²) in [6.07, 6.45) is 3.65. The zero-order valence-corrected chi connectivity index (χ0v) is 9.99. The highest BCUT2D eigenvalue weighted by Crippen LogP contribution is 2.47. The van der Waals surface area contributed by atoms with E-state index in [4.69, 9.17) is 11.6 Å².